The fraction of sp³-hybridized carbons (Fsp3) is 0.500. The molecule has 1 aromatic rings. The molecule has 0 bridgehead atoms. The molecular weight excluding hydrogens is 198 g/mol. The molecule has 0 amide bonds. The molecule has 1 aromatic carbocycles. The van der Waals surface area contributed by atoms with Gasteiger partial charge in [0.15, 0.2) is 0 Å². The van der Waals surface area contributed by atoms with E-state index >= 15 is 0 Å². The highest BCUT2D eigenvalue weighted by Crippen LogP contribution is 2.32. The zero-order valence-corrected chi connectivity index (χ0v) is 10.4. The maximum absolute atomic E-state index is 9.23. The molecule has 86 valence electrons. The maximum Gasteiger partial charge on any atom is 0.123 e. The van der Waals surface area contributed by atoms with Crippen LogP contribution in [0.5, 0.6) is 5.75 Å². The third kappa shape index (κ3) is 2.55. The molecule has 0 aliphatic carbocycles. The van der Waals surface area contributed by atoms with Crippen LogP contribution in [0.2, 0.25) is 0 Å². The van der Waals surface area contributed by atoms with Gasteiger partial charge in [-0.05, 0) is 24.0 Å². The van der Waals surface area contributed by atoms with Crippen LogP contribution >= 0.6 is 0 Å². The molecule has 2 nitrogen and oxygen atoms in total. The van der Waals surface area contributed by atoms with Crippen LogP contribution in [0, 0.1) is 17.2 Å². The van der Waals surface area contributed by atoms with Crippen molar-refractivity contribution >= 4 is 0 Å². The van der Waals surface area contributed by atoms with Gasteiger partial charge in [-0.1, -0.05) is 32.9 Å². The lowest BCUT2D eigenvalue weighted by Crippen LogP contribution is -2.06. The largest absolute Gasteiger partial charge is 0.496 e. The first-order chi connectivity index (χ1) is 7.63. The summed E-state index contributed by atoms with van der Waals surface area (Å²) in [6, 6.07) is 8.47. The minimum Gasteiger partial charge on any atom is -0.496 e. The van der Waals surface area contributed by atoms with E-state index in [1.807, 2.05) is 6.07 Å². The van der Waals surface area contributed by atoms with Gasteiger partial charge in [0, 0.05) is 5.56 Å². The smallest absolute Gasteiger partial charge is 0.123 e. The van der Waals surface area contributed by atoms with Gasteiger partial charge in [-0.25, -0.2) is 0 Å². The second kappa shape index (κ2) is 5.55. The quantitative estimate of drug-likeness (QED) is 0.773. The highest BCUT2D eigenvalue weighted by molar-refractivity contribution is 5.42. The summed E-state index contributed by atoms with van der Waals surface area (Å²) in [6.45, 7) is 6.24. The van der Waals surface area contributed by atoms with Crippen LogP contribution in [-0.2, 0) is 6.42 Å². The van der Waals surface area contributed by atoms with Crippen LogP contribution in [0.3, 0.4) is 0 Å². The highest BCUT2D eigenvalue weighted by Gasteiger charge is 2.19. The van der Waals surface area contributed by atoms with Crippen molar-refractivity contribution in [3.63, 3.8) is 0 Å². The van der Waals surface area contributed by atoms with Crippen LogP contribution in [0.1, 0.15) is 37.8 Å². The van der Waals surface area contributed by atoms with Crippen LogP contribution in [0.15, 0.2) is 18.2 Å². The molecule has 0 saturated carbocycles. The number of nitrogens with zero attached hydrogens (tertiary/aromatic N) is 1. The summed E-state index contributed by atoms with van der Waals surface area (Å²) in [5.41, 5.74) is 2.26. The number of ether oxygens (including phenoxy) is 1. The lowest BCUT2D eigenvalue weighted by atomic mass is 9.88. The van der Waals surface area contributed by atoms with E-state index in [0.29, 0.717) is 5.92 Å². The standard InChI is InChI=1S/C14H19NO/c1-5-11-6-7-14(16-4)12(8-11)13(9-15)10(2)3/h6-8,10,13H,5H2,1-4H3. The molecule has 2 heteroatoms. The van der Waals surface area contributed by atoms with E-state index < -0.39 is 0 Å². The Morgan fingerprint density at radius 1 is 1.38 bits per heavy atom. The van der Waals surface area contributed by atoms with Gasteiger partial charge >= 0.3 is 0 Å². The average Bonchev–Trinajstić information content (AvgIpc) is 2.29. The van der Waals surface area contributed by atoms with E-state index in [9.17, 15) is 5.26 Å². The third-order valence-electron chi connectivity index (χ3n) is 2.84. The molecule has 1 unspecified atom stereocenters. The van der Waals surface area contributed by atoms with Gasteiger partial charge < -0.3 is 4.74 Å². The summed E-state index contributed by atoms with van der Waals surface area (Å²) in [4.78, 5) is 0. The summed E-state index contributed by atoms with van der Waals surface area (Å²) in [5, 5.41) is 9.23. The Morgan fingerprint density at radius 3 is 2.50 bits per heavy atom. The monoisotopic (exact) mass is 217 g/mol. The maximum atomic E-state index is 9.23. The highest BCUT2D eigenvalue weighted by atomic mass is 16.5. The molecule has 1 atom stereocenters. The Morgan fingerprint density at radius 2 is 2.06 bits per heavy atom. The van der Waals surface area contributed by atoms with E-state index in [2.05, 4.69) is 39.0 Å². The molecule has 0 N–H and O–H groups in total. The summed E-state index contributed by atoms with van der Waals surface area (Å²) in [6.07, 6.45) is 0.979. The van der Waals surface area contributed by atoms with Crippen molar-refractivity contribution in [3.05, 3.63) is 29.3 Å². The summed E-state index contributed by atoms with van der Waals surface area (Å²) < 4.78 is 5.33. The van der Waals surface area contributed by atoms with Crippen LogP contribution in [-0.4, -0.2) is 7.11 Å². The molecule has 16 heavy (non-hydrogen) atoms. The summed E-state index contributed by atoms with van der Waals surface area (Å²) in [5.74, 6) is 1.02. The first kappa shape index (κ1) is 12.6. The second-order valence-corrected chi connectivity index (χ2v) is 4.28. The van der Waals surface area contributed by atoms with Crippen molar-refractivity contribution < 1.29 is 4.74 Å². The van der Waals surface area contributed by atoms with Crippen molar-refractivity contribution in [1.29, 1.82) is 5.26 Å². The fourth-order valence-corrected chi connectivity index (χ4v) is 1.82. The number of methoxy groups -OCH3 is 1. The van der Waals surface area contributed by atoms with Crippen LogP contribution < -0.4 is 4.74 Å². The fourth-order valence-electron chi connectivity index (χ4n) is 1.82. The van der Waals surface area contributed by atoms with Crippen LogP contribution in [0.25, 0.3) is 0 Å². The SMILES string of the molecule is CCc1ccc(OC)c(C(C#N)C(C)C)c1. The molecule has 0 radical (unpaired) electrons. The topological polar surface area (TPSA) is 33.0 Å². The molecule has 0 aliphatic rings. The van der Waals surface area contributed by atoms with Crippen molar-refractivity contribution in [3.8, 4) is 11.8 Å². The first-order valence-corrected chi connectivity index (χ1v) is 5.70. The number of rotatable bonds is 4. The van der Waals surface area contributed by atoms with Gasteiger partial charge in [-0.2, -0.15) is 5.26 Å². The molecule has 0 aliphatic heterocycles. The molecular formula is C14H19NO. The minimum absolute atomic E-state index is 0.0959. The third-order valence-corrected chi connectivity index (χ3v) is 2.84. The van der Waals surface area contributed by atoms with E-state index in [1.54, 1.807) is 7.11 Å². The first-order valence-electron chi connectivity index (χ1n) is 5.70. The minimum atomic E-state index is -0.0959. The van der Waals surface area contributed by atoms with Crippen molar-refractivity contribution in [2.75, 3.05) is 7.11 Å². The van der Waals surface area contributed by atoms with Gasteiger partial charge in [-0.3, -0.25) is 0 Å². The zero-order chi connectivity index (χ0) is 12.1. The number of nitriles is 1. The summed E-state index contributed by atoms with van der Waals surface area (Å²) in [7, 11) is 1.65. The van der Waals surface area contributed by atoms with Gasteiger partial charge in [0.2, 0.25) is 0 Å². The Labute approximate surface area is 97.9 Å². The lowest BCUT2D eigenvalue weighted by molar-refractivity contribution is 0.403. The van der Waals surface area contributed by atoms with E-state index in [-0.39, 0.29) is 5.92 Å². The number of hydrogen-bond acceptors (Lipinski definition) is 2. The Balaban J connectivity index is 3.22. The number of hydrogen-bond donors (Lipinski definition) is 0. The van der Waals surface area contributed by atoms with Crippen LogP contribution in [0.4, 0.5) is 0 Å². The Kier molecular flexibility index (Phi) is 4.37. The van der Waals surface area contributed by atoms with Crippen molar-refractivity contribution in [1.82, 2.24) is 0 Å². The van der Waals surface area contributed by atoms with E-state index in [0.717, 1.165) is 17.7 Å². The van der Waals surface area contributed by atoms with Gasteiger partial charge in [-0.15, -0.1) is 0 Å². The molecule has 0 heterocycles. The van der Waals surface area contributed by atoms with Crippen molar-refractivity contribution in [2.45, 2.75) is 33.1 Å². The summed E-state index contributed by atoms with van der Waals surface area (Å²) >= 11 is 0. The molecule has 0 spiro atoms. The van der Waals surface area contributed by atoms with Gasteiger partial charge in [0.25, 0.3) is 0 Å². The second-order valence-electron chi connectivity index (χ2n) is 4.28. The average molecular weight is 217 g/mol. The lowest BCUT2D eigenvalue weighted by Gasteiger charge is -2.17. The normalized spacial score (nSPS) is 12.2. The molecule has 1 rings (SSSR count). The van der Waals surface area contributed by atoms with Crippen molar-refractivity contribution in [2.24, 2.45) is 5.92 Å². The Hall–Kier alpha value is -1.49. The van der Waals surface area contributed by atoms with E-state index in [4.69, 9.17) is 4.74 Å². The molecule has 0 aromatic heterocycles. The molecule has 0 saturated heterocycles. The Bertz CT molecular complexity index is 390. The zero-order valence-electron chi connectivity index (χ0n) is 10.4. The molecule has 0 fully saturated rings. The van der Waals surface area contributed by atoms with E-state index in [1.165, 1.54) is 5.56 Å². The predicted molar refractivity (Wildman–Crippen MR) is 65.6 cm³/mol. The van der Waals surface area contributed by atoms with Gasteiger partial charge in [0.1, 0.15) is 5.75 Å². The predicted octanol–water partition coefficient (Wildman–Crippen LogP) is 3.52. The number of aryl methyl sites for hydroxylation is 1. The number of benzene rings is 1. The van der Waals surface area contributed by atoms with Gasteiger partial charge in [0.05, 0.1) is 19.1 Å².